The van der Waals surface area contributed by atoms with Crippen LogP contribution < -0.4 is 0 Å². The van der Waals surface area contributed by atoms with Crippen LogP contribution in [-0.2, 0) is 9.59 Å². The molecule has 1 aliphatic rings. The zero-order chi connectivity index (χ0) is 13.2. The highest BCUT2D eigenvalue weighted by atomic mass is 16.4. The second kappa shape index (κ2) is 5.07. The second-order valence-corrected chi connectivity index (χ2v) is 5.53. The van der Waals surface area contributed by atoms with Gasteiger partial charge < -0.3 is 10.0 Å². The molecule has 0 spiro atoms. The first kappa shape index (κ1) is 14.0. The van der Waals surface area contributed by atoms with Crippen molar-refractivity contribution in [2.45, 2.75) is 53.0 Å². The molecule has 0 aliphatic heterocycles. The predicted molar refractivity (Wildman–Crippen MR) is 65.6 cm³/mol. The van der Waals surface area contributed by atoms with Crippen LogP contribution in [0.5, 0.6) is 0 Å². The molecule has 1 aliphatic carbocycles. The molecule has 98 valence electrons. The number of hydrogen-bond acceptors (Lipinski definition) is 2. The van der Waals surface area contributed by atoms with Gasteiger partial charge in [-0.2, -0.15) is 0 Å². The van der Waals surface area contributed by atoms with E-state index < -0.39 is 5.97 Å². The Morgan fingerprint density at radius 3 is 2.41 bits per heavy atom. The van der Waals surface area contributed by atoms with Crippen LogP contribution in [0.3, 0.4) is 0 Å². The number of aliphatic carboxylic acids is 1. The molecule has 0 saturated heterocycles. The lowest BCUT2D eigenvalue weighted by molar-refractivity contribution is -0.139. The van der Waals surface area contributed by atoms with Crippen molar-refractivity contribution in [2.75, 3.05) is 6.54 Å². The lowest BCUT2D eigenvalue weighted by atomic mass is 10.0. The number of amides is 1. The average Bonchev–Trinajstić information content (AvgIpc) is 2.91. The van der Waals surface area contributed by atoms with Gasteiger partial charge in [-0.15, -0.1) is 0 Å². The van der Waals surface area contributed by atoms with Crippen LogP contribution in [-0.4, -0.2) is 34.5 Å². The van der Waals surface area contributed by atoms with Gasteiger partial charge in [-0.05, 0) is 32.1 Å². The van der Waals surface area contributed by atoms with Crippen molar-refractivity contribution >= 4 is 11.9 Å². The first-order valence-electron chi connectivity index (χ1n) is 6.34. The van der Waals surface area contributed by atoms with E-state index in [-0.39, 0.29) is 29.7 Å². The molecule has 0 radical (unpaired) electrons. The summed E-state index contributed by atoms with van der Waals surface area (Å²) in [6.45, 7) is 8.43. The molecule has 0 bridgehead atoms. The fraction of sp³-hybridized carbons (Fsp3) is 0.846. The Balaban J connectivity index is 2.60. The van der Waals surface area contributed by atoms with E-state index in [1.54, 1.807) is 4.90 Å². The summed E-state index contributed by atoms with van der Waals surface area (Å²) in [5.74, 6) is -0.619. The summed E-state index contributed by atoms with van der Waals surface area (Å²) >= 11 is 0. The summed E-state index contributed by atoms with van der Waals surface area (Å²) < 4.78 is 0. The maximum Gasteiger partial charge on any atom is 0.305 e. The van der Waals surface area contributed by atoms with Crippen LogP contribution in [0.4, 0.5) is 0 Å². The van der Waals surface area contributed by atoms with Gasteiger partial charge in [-0.25, -0.2) is 0 Å². The molecule has 4 nitrogen and oxygen atoms in total. The first-order valence-corrected chi connectivity index (χ1v) is 6.34. The highest BCUT2D eigenvalue weighted by Crippen LogP contribution is 2.55. The van der Waals surface area contributed by atoms with Crippen LogP contribution in [0, 0.1) is 11.3 Å². The molecule has 2 unspecified atom stereocenters. The van der Waals surface area contributed by atoms with Crippen molar-refractivity contribution in [1.29, 1.82) is 0 Å². The fourth-order valence-electron chi connectivity index (χ4n) is 2.22. The number of carboxylic acids is 1. The summed E-state index contributed by atoms with van der Waals surface area (Å²) in [5, 5.41) is 8.69. The van der Waals surface area contributed by atoms with Gasteiger partial charge in [0.1, 0.15) is 0 Å². The topological polar surface area (TPSA) is 57.6 Å². The Morgan fingerprint density at radius 2 is 2.06 bits per heavy atom. The number of nitrogens with zero attached hydrogens (tertiary/aromatic N) is 1. The number of rotatable bonds is 6. The molecule has 17 heavy (non-hydrogen) atoms. The Hall–Kier alpha value is -1.06. The molecular formula is C13H23NO3. The van der Waals surface area contributed by atoms with Crippen molar-refractivity contribution in [3.8, 4) is 0 Å². The standard InChI is InChI=1S/C13H23NO3/c1-5-13(4)8-10(13)12(17)14(9(2)3)7-6-11(15)16/h9-10H,5-8H2,1-4H3,(H,15,16). The highest BCUT2D eigenvalue weighted by molar-refractivity contribution is 5.83. The highest BCUT2D eigenvalue weighted by Gasteiger charge is 2.54. The van der Waals surface area contributed by atoms with E-state index in [9.17, 15) is 9.59 Å². The van der Waals surface area contributed by atoms with Crippen LogP contribution in [0.1, 0.15) is 47.0 Å². The van der Waals surface area contributed by atoms with E-state index in [1.807, 2.05) is 13.8 Å². The summed E-state index contributed by atoms with van der Waals surface area (Å²) in [6.07, 6.45) is 1.98. The van der Waals surface area contributed by atoms with Gasteiger partial charge in [0.25, 0.3) is 0 Å². The molecule has 4 heteroatoms. The first-order chi connectivity index (χ1) is 7.81. The molecule has 1 saturated carbocycles. The van der Waals surface area contributed by atoms with Gasteiger partial charge in [-0.1, -0.05) is 13.8 Å². The van der Waals surface area contributed by atoms with Gasteiger partial charge >= 0.3 is 5.97 Å². The summed E-state index contributed by atoms with van der Waals surface area (Å²) in [5.41, 5.74) is 0.146. The molecular weight excluding hydrogens is 218 g/mol. The van der Waals surface area contributed by atoms with Crippen molar-refractivity contribution in [3.05, 3.63) is 0 Å². The molecule has 0 aromatic heterocycles. The molecule has 0 aromatic rings. The van der Waals surface area contributed by atoms with E-state index in [4.69, 9.17) is 5.11 Å². The summed E-state index contributed by atoms with van der Waals surface area (Å²) in [4.78, 5) is 24.6. The molecule has 1 amide bonds. The SMILES string of the molecule is CCC1(C)CC1C(=O)N(CCC(=O)O)C(C)C. The van der Waals surface area contributed by atoms with Crippen molar-refractivity contribution in [3.63, 3.8) is 0 Å². The predicted octanol–water partition coefficient (Wildman–Crippen LogP) is 2.13. The lowest BCUT2D eigenvalue weighted by Gasteiger charge is -2.27. The molecule has 1 fully saturated rings. The largest absolute Gasteiger partial charge is 0.481 e. The minimum absolute atomic E-state index is 0.0273. The normalized spacial score (nSPS) is 27.0. The molecule has 1 N–H and O–H groups in total. The maximum atomic E-state index is 12.3. The van der Waals surface area contributed by atoms with Crippen molar-refractivity contribution in [1.82, 2.24) is 4.90 Å². The van der Waals surface area contributed by atoms with Crippen molar-refractivity contribution in [2.24, 2.45) is 11.3 Å². The summed E-state index contributed by atoms with van der Waals surface area (Å²) in [6, 6.07) is 0.0727. The van der Waals surface area contributed by atoms with Crippen LogP contribution in [0.15, 0.2) is 0 Å². The van der Waals surface area contributed by atoms with Gasteiger partial charge in [0.15, 0.2) is 0 Å². The zero-order valence-corrected chi connectivity index (χ0v) is 11.2. The van der Waals surface area contributed by atoms with E-state index >= 15 is 0 Å². The number of hydrogen-bond donors (Lipinski definition) is 1. The number of carbonyl (C=O) groups excluding carboxylic acids is 1. The van der Waals surface area contributed by atoms with Gasteiger partial charge in [0, 0.05) is 18.5 Å². The van der Waals surface area contributed by atoms with Crippen LogP contribution in [0.25, 0.3) is 0 Å². The van der Waals surface area contributed by atoms with Gasteiger partial charge in [-0.3, -0.25) is 9.59 Å². The quantitative estimate of drug-likeness (QED) is 0.775. The molecule has 0 aromatic carbocycles. The fourth-order valence-corrected chi connectivity index (χ4v) is 2.22. The van der Waals surface area contributed by atoms with Crippen LogP contribution in [0.2, 0.25) is 0 Å². The Bertz CT molecular complexity index is 314. The zero-order valence-electron chi connectivity index (χ0n) is 11.2. The van der Waals surface area contributed by atoms with Gasteiger partial charge in [0.05, 0.1) is 6.42 Å². The Morgan fingerprint density at radius 1 is 1.47 bits per heavy atom. The second-order valence-electron chi connectivity index (χ2n) is 5.53. The molecule has 0 heterocycles. The lowest BCUT2D eigenvalue weighted by Crippen LogP contribution is -2.40. The van der Waals surface area contributed by atoms with E-state index in [0.717, 1.165) is 12.8 Å². The maximum absolute atomic E-state index is 12.3. The third-order valence-corrected chi connectivity index (χ3v) is 3.93. The third-order valence-electron chi connectivity index (χ3n) is 3.93. The van der Waals surface area contributed by atoms with E-state index in [1.165, 1.54) is 0 Å². The van der Waals surface area contributed by atoms with E-state index in [0.29, 0.717) is 6.54 Å². The van der Waals surface area contributed by atoms with Gasteiger partial charge in [0.2, 0.25) is 5.91 Å². The van der Waals surface area contributed by atoms with Crippen LogP contribution >= 0.6 is 0 Å². The smallest absolute Gasteiger partial charge is 0.305 e. The minimum Gasteiger partial charge on any atom is -0.481 e. The Kier molecular flexibility index (Phi) is 4.17. The monoisotopic (exact) mass is 241 g/mol. The number of carboxylic acid groups (broad SMARTS) is 1. The third kappa shape index (κ3) is 3.20. The van der Waals surface area contributed by atoms with Crippen molar-refractivity contribution < 1.29 is 14.7 Å². The number of carbonyl (C=O) groups is 2. The average molecular weight is 241 g/mol. The Labute approximate surface area is 103 Å². The summed E-state index contributed by atoms with van der Waals surface area (Å²) in [7, 11) is 0. The van der Waals surface area contributed by atoms with E-state index in [2.05, 4.69) is 13.8 Å². The molecule has 1 rings (SSSR count). The molecule has 2 atom stereocenters. The minimum atomic E-state index is -0.850.